The third-order valence-corrected chi connectivity index (χ3v) is 12.3. The van der Waals surface area contributed by atoms with E-state index in [0.717, 1.165) is 38.5 Å². The average Bonchev–Trinajstić information content (AvgIpc) is 3.30. The zero-order valence-electron chi connectivity index (χ0n) is 45.3. The van der Waals surface area contributed by atoms with E-state index in [2.05, 4.69) is 20.8 Å². The van der Waals surface area contributed by atoms with E-state index in [1.54, 1.807) is 0 Å². The minimum absolute atomic E-state index is 0. The number of unbranched alkanes of at least 4 members (excludes halogenated alkanes) is 42. The Morgan fingerprint density at radius 3 is 0.478 bits per heavy atom. The number of aliphatic carboxylic acids is 5. The molecule has 0 saturated carbocycles. The van der Waals surface area contributed by atoms with Gasteiger partial charge in [0.15, 0.2) is 0 Å². The van der Waals surface area contributed by atoms with E-state index < -0.39 is 29.8 Å². The summed E-state index contributed by atoms with van der Waals surface area (Å²) in [5, 5.41) is 46.3. The van der Waals surface area contributed by atoms with Crippen LogP contribution < -0.4 is 15.3 Å². The maximum absolute atomic E-state index is 10.2. The Labute approximate surface area is 436 Å². The summed E-state index contributed by atoms with van der Waals surface area (Å²) in [6.07, 6.45) is 60.7. The standard InChI is InChI=1S/3C18H36O2.C4H4O4.Al/c3*1-2-3-4-5-6-7-8-9-10-11-12-13-14-15-16-17-18(19)20;5-3(6)1-2-4(7)8;/h3*2-17H2,1H3,(H,19,20);1-2H,(H,5,6)(H,7,8);/q;;;;+3/p-3/b;;;2-1+;. The third kappa shape index (κ3) is 92.4. The molecule has 0 radical (unpaired) electrons. The van der Waals surface area contributed by atoms with E-state index in [4.69, 9.17) is 10.2 Å². The Morgan fingerprint density at radius 2 is 0.377 bits per heavy atom. The molecule has 0 aromatic carbocycles. The van der Waals surface area contributed by atoms with Crippen molar-refractivity contribution in [3.8, 4) is 0 Å². The monoisotopic (exact) mass is 993 g/mol. The average molecular weight is 993 g/mol. The number of carboxylic acids is 5. The fourth-order valence-corrected chi connectivity index (χ4v) is 8.06. The second kappa shape index (κ2) is 69.9. The zero-order valence-corrected chi connectivity index (χ0v) is 46.5. The van der Waals surface area contributed by atoms with Gasteiger partial charge in [0.2, 0.25) is 0 Å². The van der Waals surface area contributed by atoms with Crippen molar-refractivity contribution in [3.05, 3.63) is 12.2 Å². The molecule has 0 aliphatic rings. The molecular formula is C58H109AlO10. The number of carbonyl (C=O) groups is 5. The molecule has 0 unspecified atom stereocenters. The molecular weight excluding hydrogens is 884 g/mol. The smallest absolute Gasteiger partial charge is 0.550 e. The van der Waals surface area contributed by atoms with Gasteiger partial charge in [0.05, 0.1) is 0 Å². The Kier molecular flexibility index (Phi) is 76.5. The van der Waals surface area contributed by atoms with E-state index in [0.29, 0.717) is 12.2 Å². The number of hydrogen-bond donors (Lipinski definition) is 2. The molecule has 10 nitrogen and oxygen atoms in total. The quantitative estimate of drug-likeness (QED) is 0.0336. The SMILES string of the molecule is CCCCCCCCCCCCCCCCCC(=O)[O-].CCCCCCCCCCCCCCCCCC(=O)[O-].CCCCCCCCCCCCCCCCCC(=O)[O-].O=C(O)/C=C/C(=O)O.[Al+3]. The van der Waals surface area contributed by atoms with Crippen LogP contribution in [0.4, 0.5) is 0 Å². The third-order valence-electron chi connectivity index (χ3n) is 12.3. The van der Waals surface area contributed by atoms with Crippen molar-refractivity contribution >= 4 is 47.2 Å². The van der Waals surface area contributed by atoms with Gasteiger partial charge in [-0.05, 0) is 38.5 Å². The Hall–Kier alpha value is -2.38. The molecule has 0 atom stereocenters. The maximum Gasteiger partial charge on any atom is 3.00 e. The summed E-state index contributed by atoms with van der Waals surface area (Å²) >= 11 is 0. The van der Waals surface area contributed by atoms with Crippen LogP contribution in [0, 0.1) is 0 Å². The summed E-state index contributed by atoms with van der Waals surface area (Å²) in [5.41, 5.74) is 0. The second-order valence-electron chi connectivity index (χ2n) is 19.2. The molecule has 0 aliphatic heterocycles. The van der Waals surface area contributed by atoms with Crippen LogP contribution in [0.25, 0.3) is 0 Å². The molecule has 0 spiro atoms. The number of carbonyl (C=O) groups excluding carboxylic acids is 3. The predicted molar refractivity (Wildman–Crippen MR) is 284 cm³/mol. The number of rotatable bonds is 50. The second-order valence-corrected chi connectivity index (χ2v) is 19.2. The Bertz CT molecular complexity index is 962. The molecule has 0 saturated heterocycles. The largest absolute Gasteiger partial charge is 3.00 e. The topological polar surface area (TPSA) is 195 Å². The maximum atomic E-state index is 10.2. The van der Waals surface area contributed by atoms with Crippen LogP contribution in [0.2, 0.25) is 0 Å². The molecule has 0 aliphatic carbocycles. The van der Waals surface area contributed by atoms with Crippen LogP contribution >= 0.6 is 0 Å². The summed E-state index contributed by atoms with van der Waals surface area (Å²) in [4.78, 5) is 49.8. The molecule has 0 heterocycles. The fraction of sp³-hybridized carbons (Fsp3) is 0.879. The van der Waals surface area contributed by atoms with Crippen molar-refractivity contribution in [3.63, 3.8) is 0 Å². The van der Waals surface area contributed by atoms with Gasteiger partial charge < -0.3 is 39.9 Å². The van der Waals surface area contributed by atoms with Crippen LogP contribution in [-0.4, -0.2) is 57.4 Å². The van der Waals surface area contributed by atoms with Gasteiger partial charge in [0, 0.05) is 30.1 Å². The van der Waals surface area contributed by atoms with E-state index in [1.807, 2.05) is 0 Å². The predicted octanol–water partition coefficient (Wildman–Crippen LogP) is 14.3. The van der Waals surface area contributed by atoms with Gasteiger partial charge in [0.25, 0.3) is 0 Å². The minimum atomic E-state index is -1.26. The van der Waals surface area contributed by atoms with Crippen molar-refractivity contribution in [2.45, 2.75) is 329 Å². The first-order chi connectivity index (χ1) is 32.9. The van der Waals surface area contributed by atoms with Crippen molar-refractivity contribution in [2.24, 2.45) is 0 Å². The normalized spacial score (nSPS) is 10.5. The van der Waals surface area contributed by atoms with Gasteiger partial charge in [0.1, 0.15) is 0 Å². The van der Waals surface area contributed by atoms with Crippen molar-refractivity contribution in [1.29, 1.82) is 0 Å². The zero-order chi connectivity index (χ0) is 51.2. The van der Waals surface area contributed by atoms with Gasteiger partial charge in [-0.1, -0.05) is 290 Å². The van der Waals surface area contributed by atoms with Crippen LogP contribution in [0.3, 0.4) is 0 Å². The minimum Gasteiger partial charge on any atom is -0.550 e. The van der Waals surface area contributed by atoms with E-state index >= 15 is 0 Å². The molecule has 0 fully saturated rings. The molecule has 0 rings (SSSR count). The Balaban J connectivity index is -0.000000273. The first-order valence-electron chi connectivity index (χ1n) is 28.7. The van der Waals surface area contributed by atoms with Crippen LogP contribution in [-0.2, 0) is 24.0 Å². The fourth-order valence-electron chi connectivity index (χ4n) is 8.06. The van der Waals surface area contributed by atoms with Gasteiger partial charge in [-0.25, -0.2) is 9.59 Å². The molecule has 2 N–H and O–H groups in total. The molecule has 0 amide bonds. The first kappa shape index (κ1) is 75.6. The van der Waals surface area contributed by atoms with Gasteiger partial charge in [-0.2, -0.15) is 0 Å². The van der Waals surface area contributed by atoms with Gasteiger partial charge >= 0.3 is 29.3 Å². The van der Waals surface area contributed by atoms with Gasteiger partial charge in [-0.3, -0.25) is 0 Å². The molecule has 11 heteroatoms. The van der Waals surface area contributed by atoms with Crippen molar-refractivity contribution < 1.29 is 49.5 Å². The first-order valence-corrected chi connectivity index (χ1v) is 28.7. The molecule has 0 aromatic heterocycles. The van der Waals surface area contributed by atoms with Crippen molar-refractivity contribution in [2.75, 3.05) is 0 Å². The summed E-state index contributed by atoms with van der Waals surface area (Å²) in [7, 11) is 0. The van der Waals surface area contributed by atoms with E-state index in [9.17, 15) is 39.3 Å². The van der Waals surface area contributed by atoms with Crippen LogP contribution in [0.1, 0.15) is 329 Å². The summed E-state index contributed by atoms with van der Waals surface area (Å²) in [6, 6.07) is 0. The number of hydrogen-bond acceptors (Lipinski definition) is 8. The van der Waals surface area contributed by atoms with E-state index in [-0.39, 0.29) is 36.6 Å². The Morgan fingerprint density at radius 1 is 0.261 bits per heavy atom. The number of carboxylic acid groups (broad SMARTS) is 5. The molecule has 404 valence electrons. The molecule has 0 aromatic rings. The van der Waals surface area contributed by atoms with Crippen molar-refractivity contribution in [1.82, 2.24) is 0 Å². The summed E-state index contributed by atoms with van der Waals surface area (Å²) in [6.45, 7) is 6.80. The summed E-state index contributed by atoms with van der Waals surface area (Å²) in [5.74, 6) is -5.22. The molecule has 69 heavy (non-hydrogen) atoms. The van der Waals surface area contributed by atoms with E-state index in [1.165, 1.54) is 250 Å². The molecule has 0 bridgehead atoms. The van der Waals surface area contributed by atoms with Gasteiger partial charge in [-0.15, -0.1) is 0 Å². The van der Waals surface area contributed by atoms with Crippen LogP contribution in [0.15, 0.2) is 12.2 Å². The van der Waals surface area contributed by atoms with Crippen LogP contribution in [0.5, 0.6) is 0 Å². The summed E-state index contributed by atoms with van der Waals surface area (Å²) < 4.78 is 0.